The molecule has 13 heavy (non-hydrogen) atoms. The second-order valence-electron chi connectivity index (χ2n) is 3.97. The molecule has 0 bridgehead atoms. The molecular weight excluding hydrogens is 160 g/mol. The predicted octanol–water partition coefficient (Wildman–Crippen LogP) is 3.31. The molecule has 0 rings (SSSR count). The van der Waals surface area contributed by atoms with E-state index in [1.807, 2.05) is 6.92 Å². The Balaban J connectivity index is 4.30. The molecule has 1 heteroatoms. The van der Waals surface area contributed by atoms with Crippen LogP contribution in [0, 0.1) is 5.92 Å². The van der Waals surface area contributed by atoms with Crippen LogP contribution < -0.4 is 0 Å². The van der Waals surface area contributed by atoms with Crippen molar-refractivity contribution in [3.05, 3.63) is 24.3 Å². The van der Waals surface area contributed by atoms with Gasteiger partial charge in [-0.25, -0.2) is 0 Å². The van der Waals surface area contributed by atoms with Gasteiger partial charge in [0.15, 0.2) is 0 Å². The van der Waals surface area contributed by atoms with E-state index < -0.39 is 5.60 Å². The van der Waals surface area contributed by atoms with Gasteiger partial charge in [-0.3, -0.25) is 0 Å². The van der Waals surface area contributed by atoms with Crippen LogP contribution in [0.2, 0.25) is 0 Å². The Bertz CT molecular complexity index is 189. The summed E-state index contributed by atoms with van der Waals surface area (Å²) in [5.74, 6) is 0.241. The van der Waals surface area contributed by atoms with Gasteiger partial charge in [0.1, 0.15) is 0 Å². The molecule has 0 saturated heterocycles. The molecule has 0 aromatic rings. The van der Waals surface area contributed by atoms with Crippen LogP contribution in [0.15, 0.2) is 24.3 Å². The van der Waals surface area contributed by atoms with E-state index in [2.05, 4.69) is 33.4 Å². The number of hydrogen-bond donors (Lipinski definition) is 1. The van der Waals surface area contributed by atoms with Crippen molar-refractivity contribution < 1.29 is 5.11 Å². The normalized spacial score (nSPS) is 17.3. The van der Waals surface area contributed by atoms with Crippen LogP contribution in [0.1, 0.15) is 40.5 Å². The van der Waals surface area contributed by atoms with Crippen molar-refractivity contribution in [1.82, 2.24) is 0 Å². The first kappa shape index (κ1) is 12.4. The lowest BCUT2D eigenvalue weighted by Crippen LogP contribution is -2.32. The summed E-state index contributed by atoms with van der Waals surface area (Å²) in [7, 11) is 0. The molecule has 0 amide bonds. The monoisotopic (exact) mass is 182 g/mol. The van der Waals surface area contributed by atoms with Gasteiger partial charge in [0, 0.05) is 0 Å². The summed E-state index contributed by atoms with van der Waals surface area (Å²) in [6.45, 7) is 11.9. The molecule has 0 aromatic heterocycles. The van der Waals surface area contributed by atoms with Crippen molar-refractivity contribution in [3.63, 3.8) is 0 Å². The SMILES string of the molecule is C=CC(O)(CC)C(C)CC=C(C)C. The molecule has 1 nitrogen and oxygen atoms in total. The zero-order chi connectivity index (χ0) is 10.5. The molecule has 0 heterocycles. The molecule has 76 valence electrons. The predicted molar refractivity (Wildman–Crippen MR) is 58.6 cm³/mol. The van der Waals surface area contributed by atoms with Gasteiger partial charge in [-0.1, -0.05) is 31.6 Å². The maximum Gasteiger partial charge on any atom is 0.0850 e. The Morgan fingerprint density at radius 3 is 2.38 bits per heavy atom. The van der Waals surface area contributed by atoms with Crippen LogP contribution in [0.25, 0.3) is 0 Å². The van der Waals surface area contributed by atoms with Gasteiger partial charge >= 0.3 is 0 Å². The van der Waals surface area contributed by atoms with Gasteiger partial charge < -0.3 is 5.11 Å². The molecular formula is C12H22O. The molecule has 0 aromatic carbocycles. The fourth-order valence-corrected chi connectivity index (χ4v) is 1.31. The number of rotatable bonds is 5. The Morgan fingerprint density at radius 1 is 1.54 bits per heavy atom. The minimum absolute atomic E-state index is 0.241. The van der Waals surface area contributed by atoms with Crippen LogP contribution in [0.5, 0.6) is 0 Å². The fourth-order valence-electron chi connectivity index (χ4n) is 1.31. The minimum Gasteiger partial charge on any atom is -0.386 e. The summed E-state index contributed by atoms with van der Waals surface area (Å²) < 4.78 is 0. The summed E-state index contributed by atoms with van der Waals surface area (Å²) in [6, 6.07) is 0. The smallest absolute Gasteiger partial charge is 0.0850 e. The van der Waals surface area contributed by atoms with E-state index in [0.29, 0.717) is 0 Å². The summed E-state index contributed by atoms with van der Waals surface area (Å²) in [5, 5.41) is 10.1. The quantitative estimate of drug-likeness (QED) is 0.647. The molecule has 0 radical (unpaired) electrons. The molecule has 0 aliphatic carbocycles. The highest BCUT2D eigenvalue weighted by molar-refractivity contribution is 5.02. The lowest BCUT2D eigenvalue weighted by atomic mass is 9.84. The van der Waals surface area contributed by atoms with E-state index in [0.717, 1.165) is 12.8 Å². The van der Waals surface area contributed by atoms with Gasteiger partial charge in [0.05, 0.1) is 5.60 Å². The Kier molecular flexibility index (Phi) is 5.01. The van der Waals surface area contributed by atoms with E-state index in [4.69, 9.17) is 0 Å². The maximum atomic E-state index is 10.1. The summed E-state index contributed by atoms with van der Waals surface area (Å²) in [4.78, 5) is 0. The van der Waals surface area contributed by atoms with Crippen LogP contribution >= 0.6 is 0 Å². The second kappa shape index (κ2) is 5.23. The summed E-state index contributed by atoms with van der Waals surface area (Å²) in [6.07, 6.45) is 5.47. The molecule has 0 aliphatic rings. The summed E-state index contributed by atoms with van der Waals surface area (Å²) in [5.41, 5.74) is 0.598. The topological polar surface area (TPSA) is 20.2 Å². The number of aliphatic hydroxyl groups is 1. The molecule has 1 N–H and O–H groups in total. The van der Waals surface area contributed by atoms with Crippen molar-refractivity contribution in [2.24, 2.45) is 5.92 Å². The van der Waals surface area contributed by atoms with Crippen molar-refractivity contribution in [2.45, 2.75) is 46.1 Å². The van der Waals surface area contributed by atoms with Crippen LogP contribution in [-0.4, -0.2) is 10.7 Å². The molecule has 0 aliphatic heterocycles. The lowest BCUT2D eigenvalue weighted by molar-refractivity contribution is 0.0333. The van der Waals surface area contributed by atoms with Crippen LogP contribution in [0.3, 0.4) is 0 Å². The van der Waals surface area contributed by atoms with Gasteiger partial charge in [-0.05, 0) is 32.6 Å². The summed E-state index contributed by atoms with van der Waals surface area (Å²) >= 11 is 0. The highest BCUT2D eigenvalue weighted by atomic mass is 16.3. The first-order valence-corrected chi connectivity index (χ1v) is 4.95. The van der Waals surface area contributed by atoms with E-state index in [1.54, 1.807) is 6.08 Å². The molecule has 0 saturated carbocycles. The van der Waals surface area contributed by atoms with Gasteiger partial charge in [0.2, 0.25) is 0 Å². The minimum atomic E-state index is -0.702. The van der Waals surface area contributed by atoms with Gasteiger partial charge in [-0.15, -0.1) is 6.58 Å². The molecule has 2 unspecified atom stereocenters. The van der Waals surface area contributed by atoms with E-state index in [-0.39, 0.29) is 5.92 Å². The Morgan fingerprint density at radius 2 is 2.08 bits per heavy atom. The fraction of sp³-hybridized carbons (Fsp3) is 0.667. The highest BCUT2D eigenvalue weighted by Crippen LogP contribution is 2.25. The van der Waals surface area contributed by atoms with Crippen LogP contribution in [0.4, 0.5) is 0 Å². The zero-order valence-corrected chi connectivity index (χ0v) is 9.30. The third kappa shape index (κ3) is 3.77. The molecule has 0 fully saturated rings. The average Bonchev–Trinajstić information content (AvgIpc) is 2.12. The van der Waals surface area contributed by atoms with Crippen molar-refractivity contribution >= 4 is 0 Å². The third-order valence-electron chi connectivity index (χ3n) is 2.65. The van der Waals surface area contributed by atoms with E-state index in [1.165, 1.54) is 5.57 Å². The van der Waals surface area contributed by atoms with Gasteiger partial charge in [0.25, 0.3) is 0 Å². The van der Waals surface area contributed by atoms with Gasteiger partial charge in [-0.2, -0.15) is 0 Å². The van der Waals surface area contributed by atoms with Crippen LogP contribution in [-0.2, 0) is 0 Å². The highest BCUT2D eigenvalue weighted by Gasteiger charge is 2.26. The Labute approximate surface area is 82.2 Å². The third-order valence-corrected chi connectivity index (χ3v) is 2.65. The zero-order valence-electron chi connectivity index (χ0n) is 9.30. The second-order valence-corrected chi connectivity index (χ2v) is 3.97. The average molecular weight is 182 g/mol. The first-order chi connectivity index (χ1) is 5.96. The van der Waals surface area contributed by atoms with Crippen molar-refractivity contribution in [1.29, 1.82) is 0 Å². The number of hydrogen-bond acceptors (Lipinski definition) is 1. The molecule has 2 atom stereocenters. The first-order valence-electron chi connectivity index (χ1n) is 4.95. The number of allylic oxidation sites excluding steroid dienone is 2. The van der Waals surface area contributed by atoms with E-state index >= 15 is 0 Å². The van der Waals surface area contributed by atoms with Crippen molar-refractivity contribution in [2.75, 3.05) is 0 Å². The lowest BCUT2D eigenvalue weighted by Gasteiger charge is -2.29. The standard InChI is InChI=1S/C12H22O/c1-6-12(13,7-2)11(5)9-8-10(3)4/h6,8,11,13H,1,7,9H2,2-5H3. The Hall–Kier alpha value is -0.560. The van der Waals surface area contributed by atoms with E-state index in [9.17, 15) is 5.11 Å². The van der Waals surface area contributed by atoms with Crippen molar-refractivity contribution in [3.8, 4) is 0 Å². The maximum absolute atomic E-state index is 10.1. The molecule has 0 spiro atoms. The largest absolute Gasteiger partial charge is 0.386 e.